The lowest BCUT2D eigenvalue weighted by atomic mass is 9.96. The number of benzene rings is 1. The second kappa shape index (κ2) is 6.87. The van der Waals surface area contributed by atoms with Gasteiger partial charge >= 0.3 is 0 Å². The van der Waals surface area contributed by atoms with Crippen molar-refractivity contribution in [3.8, 4) is 10.6 Å². The SMILES string of the molecule is Cc1nc(-c2c(F)cccc2F)sc1C(=O)N1CCC(C(N)=O)CC1. The van der Waals surface area contributed by atoms with Gasteiger partial charge in [0.05, 0.1) is 11.3 Å². The number of rotatable bonds is 3. The Kier molecular flexibility index (Phi) is 4.80. The third-order valence-corrected chi connectivity index (χ3v) is 5.51. The zero-order chi connectivity index (χ0) is 18.1. The lowest BCUT2D eigenvalue weighted by molar-refractivity contribution is -0.123. The minimum absolute atomic E-state index is 0.142. The van der Waals surface area contributed by atoms with Crippen LogP contribution in [0.3, 0.4) is 0 Å². The van der Waals surface area contributed by atoms with Crippen LogP contribution in [0.15, 0.2) is 18.2 Å². The second-order valence-electron chi connectivity index (χ2n) is 6.00. The normalized spacial score (nSPS) is 15.4. The van der Waals surface area contributed by atoms with Crippen molar-refractivity contribution >= 4 is 23.2 Å². The molecule has 2 aromatic rings. The summed E-state index contributed by atoms with van der Waals surface area (Å²) in [7, 11) is 0. The van der Waals surface area contributed by atoms with Gasteiger partial charge in [-0.25, -0.2) is 13.8 Å². The predicted molar refractivity (Wildman–Crippen MR) is 90.0 cm³/mol. The molecule has 2 heterocycles. The number of nitrogens with two attached hydrogens (primary N) is 1. The van der Waals surface area contributed by atoms with Crippen LogP contribution in [0.25, 0.3) is 10.6 Å². The number of hydrogen-bond acceptors (Lipinski definition) is 4. The topological polar surface area (TPSA) is 76.3 Å². The first-order chi connectivity index (χ1) is 11.9. The lowest BCUT2D eigenvalue weighted by Crippen LogP contribution is -2.41. The van der Waals surface area contributed by atoms with Crippen LogP contribution in [0.5, 0.6) is 0 Å². The van der Waals surface area contributed by atoms with Crippen LogP contribution in [0, 0.1) is 24.5 Å². The van der Waals surface area contributed by atoms with Crippen molar-refractivity contribution in [1.29, 1.82) is 0 Å². The van der Waals surface area contributed by atoms with Crippen LogP contribution in [-0.4, -0.2) is 34.8 Å². The summed E-state index contributed by atoms with van der Waals surface area (Å²) >= 11 is 0.976. The van der Waals surface area contributed by atoms with Crippen molar-refractivity contribution in [3.63, 3.8) is 0 Å². The van der Waals surface area contributed by atoms with E-state index in [-0.39, 0.29) is 28.3 Å². The summed E-state index contributed by atoms with van der Waals surface area (Å²) in [5.74, 6) is -2.22. The number of carbonyl (C=O) groups excluding carboxylic acids is 2. The molecule has 1 fully saturated rings. The molecular formula is C17H17F2N3O2S. The van der Waals surface area contributed by atoms with Gasteiger partial charge in [0.2, 0.25) is 5.91 Å². The molecule has 2 N–H and O–H groups in total. The van der Waals surface area contributed by atoms with E-state index in [2.05, 4.69) is 4.98 Å². The Morgan fingerprint density at radius 3 is 2.40 bits per heavy atom. The Hall–Kier alpha value is -2.35. The Morgan fingerprint density at radius 1 is 1.24 bits per heavy atom. The van der Waals surface area contributed by atoms with Crippen LogP contribution in [0.4, 0.5) is 8.78 Å². The molecule has 5 nitrogen and oxygen atoms in total. The van der Waals surface area contributed by atoms with E-state index in [9.17, 15) is 18.4 Å². The molecule has 1 aliphatic rings. The van der Waals surface area contributed by atoms with Crippen LogP contribution in [0.1, 0.15) is 28.2 Å². The van der Waals surface area contributed by atoms with Gasteiger partial charge in [-0.15, -0.1) is 11.3 Å². The number of piperidine rings is 1. The quantitative estimate of drug-likeness (QED) is 0.909. The molecule has 2 amide bonds. The smallest absolute Gasteiger partial charge is 0.265 e. The first-order valence-corrected chi connectivity index (χ1v) is 8.70. The van der Waals surface area contributed by atoms with Gasteiger partial charge < -0.3 is 10.6 Å². The van der Waals surface area contributed by atoms with E-state index < -0.39 is 11.6 Å². The van der Waals surface area contributed by atoms with E-state index in [0.717, 1.165) is 23.5 Å². The molecule has 3 rings (SSSR count). The van der Waals surface area contributed by atoms with E-state index in [1.807, 2.05) is 0 Å². The maximum Gasteiger partial charge on any atom is 0.265 e. The zero-order valence-electron chi connectivity index (χ0n) is 13.6. The largest absolute Gasteiger partial charge is 0.369 e. The minimum Gasteiger partial charge on any atom is -0.369 e. The van der Waals surface area contributed by atoms with Gasteiger partial charge in [-0.1, -0.05) is 6.07 Å². The molecule has 0 saturated carbocycles. The maximum absolute atomic E-state index is 13.9. The molecule has 1 saturated heterocycles. The summed E-state index contributed by atoms with van der Waals surface area (Å²) in [5.41, 5.74) is 5.51. The van der Waals surface area contributed by atoms with Crippen molar-refractivity contribution in [1.82, 2.24) is 9.88 Å². The van der Waals surface area contributed by atoms with E-state index in [4.69, 9.17) is 5.73 Å². The van der Waals surface area contributed by atoms with Gasteiger partial charge in [0.15, 0.2) is 0 Å². The van der Waals surface area contributed by atoms with Gasteiger partial charge in [0.1, 0.15) is 21.5 Å². The number of thiazole rings is 1. The first-order valence-electron chi connectivity index (χ1n) is 7.89. The molecule has 1 aliphatic heterocycles. The number of carbonyl (C=O) groups is 2. The first kappa shape index (κ1) is 17.5. The Labute approximate surface area is 147 Å². The van der Waals surface area contributed by atoms with Crippen molar-refractivity contribution in [2.45, 2.75) is 19.8 Å². The van der Waals surface area contributed by atoms with Crippen LogP contribution < -0.4 is 5.73 Å². The highest BCUT2D eigenvalue weighted by Crippen LogP contribution is 2.33. The molecule has 0 spiro atoms. The molecule has 0 aliphatic carbocycles. The zero-order valence-corrected chi connectivity index (χ0v) is 14.4. The third-order valence-electron chi connectivity index (χ3n) is 4.35. The van der Waals surface area contributed by atoms with Crippen LogP contribution in [-0.2, 0) is 4.79 Å². The van der Waals surface area contributed by atoms with Crippen molar-refractivity contribution < 1.29 is 18.4 Å². The van der Waals surface area contributed by atoms with E-state index in [0.29, 0.717) is 36.5 Å². The second-order valence-corrected chi connectivity index (χ2v) is 7.00. The van der Waals surface area contributed by atoms with Crippen molar-refractivity contribution in [3.05, 3.63) is 40.4 Å². The number of aryl methyl sites for hydroxylation is 1. The number of amides is 2. The molecule has 0 unspecified atom stereocenters. The summed E-state index contributed by atoms with van der Waals surface area (Å²) in [6.45, 7) is 2.49. The van der Waals surface area contributed by atoms with E-state index in [1.54, 1.807) is 11.8 Å². The fourth-order valence-electron chi connectivity index (χ4n) is 2.91. The molecular weight excluding hydrogens is 348 g/mol. The number of halogens is 2. The summed E-state index contributed by atoms with van der Waals surface area (Å²) in [6, 6.07) is 3.60. The summed E-state index contributed by atoms with van der Waals surface area (Å²) in [4.78, 5) is 30.1. The summed E-state index contributed by atoms with van der Waals surface area (Å²) < 4.78 is 27.9. The monoisotopic (exact) mass is 365 g/mol. The lowest BCUT2D eigenvalue weighted by Gasteiger charge is -2.30. The van der Waals surface area contributed by atoms with Crippen molar-refractivity contribution in [2.75, 3.05) is 13.1 Å². The molecule has 0 bridgehead atoms. The van der Waals surface area contributed by atoms with Gasteiger partial charge in [0, 0.05) is 19.0 Å². The number of hydrogen-bond donors (Lipinski definition) is 1. The molecule has 0 atom stereocenters. The van der Waals surface area contributed by atoms with Gasteiger partial charge in [-0.2, -0.15) is 0 Å². The molecule has 0 radical (unpaired) electrons. The Balaban J connectivity index is 1.84. The van der Waals surface area contributed by atoms with Gasteiger partial charge in [-0.3, -0.25) is 9.59 Å². The highest BCUT2D eigenvalue weighted by molar-refractivity contribution is 7.17. The van der Waals surface area contributed by atoms with E-state index >= 15 is 0 Å². The number of aromatic nitrogens is 1. The molecule has 132 valence electrons. The van der Waals surface area contributed by atoms with Gasteiger partial charge in [-0.05, 0) is 31.9 Å². The van der Waals surface area contributed by atoms with Crippen LogP contribution >= 0.6 is 11.3 Å². The standard InChI is InChI=1S/C17H17F2N3O2S/c1-9-14(17(24)22-7-5-10(6-8-22)15(20)23)25-16(21-9)13-11(18)3-2-4-12(13)19/h2-4,10H,5-8H2,1H3,(H2,20,23). The highest BCUT2D eigenvalue weighted by atomic mass is 32.1. The Morgan fingerprint density at radius 2 is 1.84 bits per heavy atom. The average Bonchev–Trinajstić information content (AvgIpc) is 2.95. The maximum atomic E-state index is 13.9. The number of nitrogens with zero attached hydrogens (tertiary/aromatic N) is 2. The van der Waals surface area contributed by atoms with Crippen LogP contribution in [0.2, 0.25) is 0 Å². The molecule has 25 heavy (non-hydrogen) atoms. The van der Waals surface area contributed by atoms with E-state index in [1.165, 1.54) is 6.07 Å². The third kappa shape index (κ3) is 3.39. The average molecular weight is 365 g/mol. The number of likely N-dealkylation sites (tertiary alicyclic amines) is 1. The number of primary amides is 1. The highest BCUT2D eigenvalue weighted by Gasteiger charge is 2.29. The summed E-state index contributed by atoms with van der Waals surface area (Å²) in [6.07, 6.45) is 1.04. The summed E-state index contributed by atoms with van der Waals surface area (Å²) in [5, 5.41) is 0.142. The van der Waals surface area contributed by atoms with Gasteiger partial charge in [0.25, 0.3) is 5.91 Å². The predicted octanol–water partition coefficient (Wildman–Crippen LogP) is 2.73. The minimum atomic E-state index is -0.713. The molecule has 1 aromatic carbocycles. The van der Waals surface area contributed by atoms with Crippen molar-refractivity contribution in [2.24, 2.45) is 11.7 Å². The fraction of sp³-hybridized carbons (Fsp3) is 0.353. The Bertz CT molecular complexity index is 809. The molecule has 8 heteroatoms. The molecule has 1 aromatic heterocycles. The fourth-order valence-corrected chi connectivity index (χ4v) is 4.00.